The molecule has 1 heterocycles. The molecule has 19 heavy (non-hydrogen) atoms. The molecule has 1 aromatic carbocycles. The van der Waals surface area contributed by atoms with Crippen LogP contribution >= 0.6 is 0 Å². The van der Waals surface area contributed by atoms with E-state index in [1.54, 1.807) is 0 Å². The van der Waals surface area contributed by atoms with E-state index in [0.29, 0.717) is 12.3 Å². The SMILES string of the molecule is CN(C)Cc1ccc(NC(=O)CC2CCNC2)cc1. The highest BCUT2D eigenvalue weighted by Gasteiger charge is 2.17. The molecule has 4 nitrogen and oxygen atoms in total. The minimum atomic E-state index is 0.119. The fourth-order valence-corrected chi connectivity index (χ4v) is 2.42. The Balaban J connectivity index is 1.82. The lowest BCUT2D eigenvalue weighted by molar-refractivity contribution is -0.116. The number of hydrogen-bond donors (Lipinski definition) is 2. The highest BCUT2D eigenvalue weighted by molar-refractivity contribution is 5.90. The number of amides is 1. The topological polar surface area (TPSA) is 44.4 Å². The first-order valence-electron chi connectivity index (χ1n) is 6.88. The average Bonchev–Trinajstić information content (AvgIpc) is 2.83. The Kier molecular flexibility index (Phi) is 4.93. The lowest BCUT2D eigenvalue weighted by Gasteiger charge is -2.11. The van der Waals surface area contributed by atoms with Crippen molar-refractivity contribution in [3.8, 4) is 0 Å². The van der Waals surface area contributed by atoms with Crippen LogP contribution in [0.5, 0.6) is 0 Å². The largest absolute Gasteiger partial charge is 0.326 e. The van der Waals surface area contributed by atoms with Crippen LogP contribution in [0.15, 0.2) is 24.3 Å². The molecule has 1 aromatic rings. The number of nitrogens with one attached hydrogen (secondary N) is 2. The van der Waals surface area contributed by atoms with Crippen LogP contribution in [0, 0.1) is 5.92 Å². The van der Waals surface area contributed by atoms with Crippen LogP contribution in [0.2, 0.25) is 0 Å². The quantitative estimate of drug-likeness (QED) is 0.847. The third-order valence-electron chi connectivity index (χ3n) is 3.37. The smallest absolute Gasteiger partial charge is 0.224 e. The number of carbonyl (C=O) groups is 1. The van der Waals surface area contributed by atoms with E-state index >= 15 is 0 Å². The van der Waals surface area contributed by atoms with E-state index in [9.17, 15) is 4.79 Å². The van der Waals surface area contributed by atoms with E-state index in [2.05, 4.69) is 27.7 Å². The maximum absolute atomic E-state index is 11.9. The second-order valence-corrected chi connectivity index (χ2v) is 5.55. The zero-order valence-electron chi connectivity index (χ0n) is 11.8. The molecule has 1 aliphatic rings. The van der Waals surface area contributed by atoms with Gasteiger partial charge in [-0.15, -0.1) is 0 Å². The van der Waals surface area contributed by atoms with Gasteiger partial charge >= 0.3 is 0 Å². The van der Waals surface area contributed by atoms with Crippen molar-refractivity contribution in [1.29, 1.82) is 0 Å². The van der Waals surface area contributed by atoms with Crippen molar-refractivity contribution < 1.29 is 4.79 Å². The van der Waals surface area contributed by atoms with Crippen LogP contribution in [0.4, 0.5) is 5.69 Å². The molecular weight excluding hydrogens is 238 g/mol. The second-order valence-electron chi connectivity index (χ2n) is 5.55. The van der Waals surface area contributed by atoms with Crippen LogP contribution in [-0.4, -0.2) is 38.0 Å². The Morgan fingerprint density at radius 3 is 2.68 bits per heavy atom. The maximum Gasteiger partial charge on any atom is 0.224 e. The van der Waals surface area contributed by atoms with Gasteiger partial charge in [-0.3, -0.25) is 4.79 Å². The third-order valence-corrected chi connectivity index (χ3v) is 3.37. The van der Waals surface area contributed by atoms with Gasteiger partial charge < -0.3 is 15.5 Å². The number of hydrogen-bond acceptors (Lipinski definition) is 3. The molecule has 1 amide bonds. The van der Waals surface area contributed by atoms with E-state index in [4.69, 9.17) is 0 Å². The van der Waals surface area contributed by atoms with Crippen molar-refractivity contribution in [1.82, 2.24) is 10.2 Å². The molecule has 0 aliphatic carbocycles. The average molecular weight is 261 g/mol. The minimum Gasteiger partial charge on any atom is -0.326 e. The van der Waals surface area contributed by atoms with Gasteiger partial charge in [-0.1, -0.05) is 12.1 Å². The van der Waals surface area contributed by atoms with Gasteiger partial charge in [0.1, 0.15) is 0 Å². The number of rotatable bonds is 5. The Bertz CT molecular complexity index is 408. The monoisotopic (exact) mass is 261 g/mol. The lowest BCUT2D eigenvalue weighted by atomic mass is 10.0. The summed E-state index contributed by atoms with van der Waals surface area (Å²) in [6.45, 7) is 2.92. The summed E-state index contributed by atoms with van der Waals surface area (Å²) in [7, 11) is 4.09. The van der Waals surface area contributed by atoms with E-state index < -0.39 is 0 Å². The summed E-state index contributed by atoms with van der Waals surface area (Å²) in [5.74, 6) is 0.613. The van der Waals surface area contributed by atoms with Crippen molar-refractivity contribution in [3.63, 3.8) is 0 Å². The molecule has 1 atom stereocenters. The predicted molar refractivity (Wildman–Crippen MR) is 78.1 cm³/mol. The van der Waals surface area contributed by atoms with E-state index in [0.717, 1.165) is 31.7 Å². The molecule has 1 unspecified atom stereocenters. The molecule has 1 saturated heterocycles. The van der Waals surface area contributed by atoms with Crippen LogP contribution in [-0.2, 0) is 11.3 Å². The van der Waals surface area contributed by atoms with Crippen LogP contribution in [0.1, 0.15) is 18.4 Å². The fourth-order valence-electron chi connectivity index (χ4n) is 2.42. The molecule has 0 saturated carbocycles. The van der Waals surface area contributed by atoms with Crippen LogP contribution in [0.3, 0.4) is 0 Å². The number of benzene rings is 1. The first-order valence-corrected chi connectivity index (χ1v) is 6.88. The summed E-state index contributed by atoms with van der Waals surface area (Å²) < 4.78 is 0. The minimum absolute atomic E-state index is 0.119. The number of carbonyl (C=O) groups excluding carboxylic acids is 1. The lowest BCUT2D eigenvalue weighted by Crippen LogP contribution is -2.18. The Morgan fingerprint density at radius 2 is 2.11 bits per heavy atom. The summed E-state index contributed by atoms with van der Waals surface area (Å²) in [5.41, 5.74) is 2.14. The van der Waals surface area contributed by atoms with Crippen molar-refractivity contribution >= 4 is 11.6 Å². The van der Waals surface area contributed by atoms with Gasteiger partial charge in [0.15, 0.2) is 0 Å². The molecule has 0 radical (unpaired) electrons. The molecule has 0 bridgehead atoms. The van der Waals surface area contributed by atoms with Crippen molar-refractivity contribution in [2.75, 3.05) is 32.5 Å². The first kappa shape index (κ1) is 14.0. The van der Waals surface area contributed by atoms with Gasteiger partial charge in [0, 0.05) is 18.7 Å². The predicted octanol–water partition coefficient (Wildman–Crippen LogP) is 1.69. The highest BCUT2D eigenvalue weighted by atomic mass is 16.1. The fraction of sp³-hybridized carbons (Fsp3) is 0.533. The maximum atomic E-state index is 11.9. The molecular formula is C15H23N3O. The summed E-state index contributed by atoms with van der Waals surface area (Å²) in [6, 6.07) is 8.08. The molecule has 0 spiro atoms. The zero-order valence-corrected chi connectivity index (χ0v) is 11.8. The summed E-state index contributed by atoms with van der Waals surface area (Å²) >= 11 is 0. The van der Waals surface area contributed by atoms with Gasteiger partial charge in [-0.2, -0.15) is 0 Å². The van der Waals surface area contributed by atoms with E-state index in [1.807, 2.05) is 26.2 Å². The Labute approximate surface area is 115 Å². The van der Waals surface area contributed by atoms with Gasteiger partial charge in [-0.05, 0) is 57.2 Å². The molecule has 1 fully saturated rings. The van der Waals surface area contributed by atoms with Gasteiger partial charge in [0.05, 0.1) is 0 Å². The molecule has 104 valence electrons. The Hall–Kier alpha value is -1.39. The first-order chi connectivity index (χ1) is 9.13. The van der Waals surface area contributed by atoms with Crippen LogP contribution in [0.25, 0.3) is 0 Å². The van der Waals surface area contributed by atoms with Gasteiger partial charge in [0.25, 0.3) is 0 Å². The second kappa shape index (κ2) is 6.68. The van der Waals surface area contributed by atoms with Crippen molar-refractivity contribution in [2.24, 2.45) is 5.92 Å². The molecule has 0 aromatic heterocycles. The van der Waals surface area contributed by atoms with Crippen LogP contribution < -0.4 is 10.6 Å². The molecule has 4 heteroatoms. The molecule has 2 N–H and O–H groups in total. The van der Waals surface area contributed by atoms with Crippen molar-refractivity contribution in [2.45, 2.75) is 19.4 Å². The van der Waals surface area contributed by atoms with Gasteiger partial charge in [0.2, 0.25) is 5.91 Å². The summed E-state index contributed by atoms with van der Waals surface area (Å²) in [4.78, 5) is 14.0. The molecule has 1 aliphatic heterocycles. The van der Waals surface area contributed by atoms with E-state index in [1.165, 1.54) is 5.56 Å². The Morgan fingerprint density at radius 1 is 1.37 bits per heavy atom. The normalized spacial score (nSPS) is 18.8. The van der Waals surface area contributed by atoms with Gasteiger partial charge in [-0.25, -0.2) is 0 Å². The summed E-state index contributed by atoms with van der Waals surface area (Å²) in [5, 5.41) is 6.25. The highest BCUT2D eigenvalue weighted by Crippen LogP contribution is 2.15. The summed E-state index contributed by atoms with van der Waals surface area (Å²) in [6.07, 6.45) is 1.72. The number of nitrogens with zero attached hydrogens (tertiary/aromatic N) is 1. The standard InChI is InChI=1S/C15H23N3O/c1-18(2)11-12-3-5-14(6-4-12)17-15(19)9-13-7-8-16-10-13/h3-6,13,16H,7-11H2,1-2H3,(H,17,19). The van der Waals surface area contributed by atoms with E-state index in [-0.39, 0.29) is 5.91 Å². The van der Waals surface area contributed by atoms with Crippen molar-refractivity contribution in [3.05, 3.63) is 29.8 Å². The molecule has 2 rings (SSSR count). The number of anilines is 1. The zero-order chi connectivity index (χ0) is 13.7. The third kappa shape index (κ3) is 4.65.